The van der Waals surface area contributed by atoms with Crippen molar-refractivity contribution >= 4 is 29.2 Å². The Morgan fingerprint density at radius 1 is 1.11 bits per heavy atom. The molecule has 92 valence electrons. The Labute approximate surface area is 115 Å². The Morgan fingerprint density at radius 2 is 1.78 bits per heavy atom. The van der Waals surface area contributed by atoms with Gasteiger partial charge in [-0.3, -0.25) is 4.79 Å². The lowest BCUT2D eigenvalue weighted by Gasteiger charge is -2.09. The van der Waals surface area contributed by atoms with Crippen molar-refractivity contribution in [2.24, 2.45) is 0 Å². The van der Waals surface area contributed by atoms with Gasteiger partial charge in [0.05, 0.1) is 0 Å². The van der Waals surface area contributed by atoms with Crippen molar-refractivity contribution in [1.82, 2.24) is 0 Å². The predicted molar refractivity (Wildman–Crippen MR) is 73.1 cm³/mol. The zero-order valence-corrected chi connectivity index (χ0v) is 10.8. The molecule has 0 heterocycles. The van der Waals surface area contributed by atoms with Crippen LogP contribution in [0.4, 0.5) is 0 Å². The van der Waals surface area contributed by atoms with E-state index in [4.69, 9.17) is 28.3 Å². The maximum Gasteiger partial charge on any atom is 0.326 e. The third kappa shape index (κ3) is 2.66. The Bertz CT molecular complexity index is 567. The molecule has 0 aliphatic heterocycles. The first-order valence-electron chi connectivity index (χ1n) is 5.31. The molecule has 1 unspecified atom stereocenters. The Balaban J connectivity index is 2.40. The quantitative estimate of drug-likeness (QED) is 0.848. The summed E-state index contributed by atoms with van der Waals surface area (Å²) in [5.41, 5.74) is 2.32. The zero-order valence-electron chi connectivity index (χ0n) is 9.31. The van der Waals surface area contributed by atoms with Gasteiger partial charge >= 0.3 is 5.97 Å². The van der Waals surface area contributed by atoms with E-state index in [1.807, 2.05) is 30.3 Å². The Morgan fingerprint density at radius 3 is 2.33 bits per heavy atom. The van der Waals surface area contributed by atoms with Crippen molar-refractivity contribution in [3.05, 3.63) is 59.1 Å². The van der Waals surface area contributed by atoms with Crippen LogP contribution in [-0.2, 0) is 4.79 Å². The van der Waals surface area contributed by atoms with E-state index < -0.39 is 11.3 Å². The fraction of sp³-hybridized carbons (Fsp3) is 0.0714. The number of carboxylic acid groups (broad SMARTS) is 1. The van der Waals surface area contributed by atoms with Crippen LogP contribution in [-0.4, -0.2) is 11.1 Å². The first kappa shape index (κ1) is 12.9. The van der Waals surface area contributed by atoms with Gasteiger partial charge in [0.1, 0.15) is 0 Å². The van der Waals surface area contributed by atoms with Crippen LogP contribution >= 0.6 is 23.2 Å². The minimum Gasteiger partial charge on any atom is -0.480 e. The first-order valence-corrected chi connectivity index (χ1v) is 6.13. The number of carbonyl (C=O) groups is 1. The van der Waals surface area contributed by atoms with E-state index in [0.717, 1.165) is 11.1 Å². The molecule has 0 aliphatic rings. The summed E-state index contributed by atoms with van der Waals surface area (Å²) in [6, 6.07) is 14.7. The largest absolute Gasteiger partial charge is 0.480 e. The van der Waals surface area contributed by atoms with Crippen LogP contribution in [0, 0.1) is 0 Å². The molecule has 1 atom stereocenters. The highest BCUT2D eigenvalue weighted by Crippen LogP contribution is 2.31. The Kier molecular flexibility index (Phi) is 3.90. The van der Waals surface area contributed by atoms with Gasteiger partial charge in [-0.25, -0.2) is 0 Å². The standard InChI is InChI=1S/C14H10Cl2O2/c15-12-8-10(13(16)14(17)18)6-7-11(12)9-4-2-1-3-5-9/h1-8,13H,(H,17,18). The minimum atomic E-state index is -1.08. The molecule has 2 nitrogen and oxygen atoms in total. The maximum atomic E-state index is 10.8. The zero-order chi connectivity index (χ0) is 13.1. The second kappa shape index (κ2) is 5.42. The van der Waals surface area contributed by atoms with Crippen LogP contribution in [0.15, 0.2) is 48.5 Å². The summed E-state index contributed by atoms with van der Waals surface area (Å²) in [4.78, 5) is 10.8. The van der Waals surface area contributed by atoms with Gasteiger partial charge in [0, 0.05) is 10.6 Å². The van der Waals surface area contributed by atoms with Crippen LogP contribution in [0.2, 0.25) is 5.02 Å². The van der Waals surface area contributed by atoms with Gasteiger partial charge in [-0.1, -0.05) is 54.1 Å². The average molecular weight is 281 g/mol. The Hall–Kier alpha value is -1.51. The molecule has 0 bridgehead atoms. The number of benzene rings is 2. The van der Waals surface area contributed by atoms with E-state index in [1.54, 1.807) is 18.2 Å². The smallest absolute Gasteiger partial charge is 0.326 e. The second-order valence-corrected chi connectivity index (χ2v) is 4.65. The number of carboxylic acids is 1. The maximum absolute atomic E-state index is 10.8. The number of aliphatic carboxylic acids is 1. The van der Waals surface area contributed by atoms with E-state index >= 15 is 0 Å². The normalized spacial score (nSPS) is 12.1. The topological polar surface area (TPSA) is 37.3 Å². The summed E-state index contributed by atoms with van der Waals surface area (Å²) in [6.45, 7) is 0. The summed E-state index contributed by atoms with van der Waals surface area (Å²) in [7, 11) is 0. The molecule has 0 amide bonds. The molecular formula is C14H10Cl2O2. The van der Waals surface area contributed by atoms with Gasteiger partial charge in [0.2, 0.25) is 0 Å². The van der Waals surface area contributed by atoms with Crippen LogP contribution in [0.3, 0.4) is 0 Å². The lowest BCUT2D eigenvalue weighted by atomic mass is 10.0. The molecule has 4 heteroatoms. The fourth-order valence-corrected chi connectivity index (χ4v) is 2.12. The predicted octanol–water partition coefficient (Wildman–Crippen LogP) is 4.37. The van der Waals surface area contributed by atoms with E-state index in [1.165, 1.54) is 0 Å². The molecule has 2 aromatic carbocycles. The molecule has 0 aromatic heterocycles. The monoisotopic (exact) mass is 280 g/mol. The van der Waals surface area contributed by atoms with Crippen molar-refractivity contribution in [3.63, 3.8) is 0 Å². The summed E-state index contributed by atoms with van der Waals surface area (Å²) in [5, 5.41) is 8.25. The second-order valence-electron chi connectivity index (χ2n) is 3.81. The third-order valence-corrected chi connectivity index (χ3v) is 3.34. The summed E-state index contributed by atoms with van der Waals surface area (Å²) in [6.07, 6.45) is 0. The van der Waals surface area contributed by atoms with Gasteiger partial charge < -0.3 is 5.11 Å². The molecule has 0 fully saturated rings. The van der Waals surface area contributed by atoms with Crippen molar-refractivity contribution in [2.45, 2.75) is 5.38 Å². The summed E-state index contributed by atoms with van der Waals surface area (Å²) in [5.74, 6) is -1.08. The molecule has 0 spiro atoms. The van der Waals surface area contributed by atoms with Gasteiger partial charge in [-0.2, -0.15) is 0 Å². The SMILES string of the molecule is O=C(O)C(Cl)c1ccc(-c2ccccc2)c(Cl)c1. The highest BCUT2D eigenvalue weighted by atomic mass is 35.5. The molecule has 18 heavy (non-hydrogen) atoms. The minimum absolute atomic E-state index is 0.480. The number of rotatable bonds is 3. The van der Waals surface area contributed by atoms with Gasteiger partial charge in [0.15, 0.2) is 5.38 Å². The van der Waals surface area contributed by atoms with Crippen molar-refractivity contribution in [3.8, 4) is 11.1 Å². The van der Waals surface area contributed by atoms with Gasteiger partial charge in [-0.05, 0) is 17.2 Å². The van der Waals surface area contributed by atoms with Crippen molar-refractivity contribution < 1.29 is 9.90 Å². The summed E-state index contributed by atoms with van der Waals surface area (Å²) >= 11 is 11.9. The molecule has 2 rings (SSSR count). The third-order valence-electron chi connectivity index (χ3n) is 2.59. The fourth-order valence-electron chi connectivity index (χ4n) is 1.68. The van der Waals surface area contributed by atoms with Crippen molar-refractivity contribution in [1.29, 1.82) is 0 Å². The number of hydrogen-bond acceptors (Lipinski definition) is 1. The molecular weight excluding hydrogens is 271 g/mol. The van der Waals surface area contributed by atoms with E-state index in [9.17, 15) is 4.79 Å². The lowest BCUT2D eigenvalue weighted by Crippen LogP contribution is -2.04. The summed E-state index contributed by atoms with van der Waals surface area (Å²) < 4.78 is 0. The molecule has 2 aromatic rings. The first-order chi connectivity index (χ1) is 8.59. The lowest BCUT2D eigenvalue weighted by molar-refractivity contribution is -0.136. The van der Waals surface area contributed by atoms with Gasteiger partial charge in [-0.15, -0.1) is 11.6 Å². The van der Waals surface area contributed by atoms with Gasteiger partial charge in [0.25, 0.3) is 0 Å². The molecule has 0 radical (unpaired) electrons. The number of alkyl halides is 1. The molecule has 1 N–H and O–H groups in total. The van der Waals surface area contributed by atoms with Crippen molar-refractivity contribution in [2.75, 3.05) is 0 Å². The van der Waals surface area contributed by atoms with Crippen LogP contribution in [0.1, 0.15) is 10.9 Å². The van der Waals surface area contributed by atoms with Crippen LogP contribution in [0.5, 0.6) is 0 Å². The molecule has 0 saturated carbocycles. The van der Waals surface area contributed by atoms with Crippen LogP contribution in [0.25, 0.3) is 11.1 Å². The highest BCUT2D eigenvalue weighted by Gasteiger charge is 2.17. The number of halogens is 2. The number of hydrogen-bond donors (Lipinski definition) is 1. The van der Waals surface area contributed by atoms with E-state index in [2.05, 4.69) is 0 Å². The average Bonchev–Trinajstić information content (AvgIpc) is 2.38. The van der Waals surface area contributed by atoms with Crippen LogP contribution < -0.4 is 0 Å². The molecule has 0 saturated heterocycles. The van der Waals surface area contributed by atoms with E-state index in [0.29, 0.717) is 10.6 Å². The molecule has 0 aliphatic carbocycles. The van der Waals surface area contributed by atoms with E-state index in [-0.39, 0.29) is 0 Å². The highest BCUT2D eigenvalue weighted by molar-refractivity contribution is 6.34.